The van der Waals surface area contributed by atoms with Gasteiger partial charge in [-0.05, 0) is 30.9 Å². The second kappa shape index (κ2) is 8.01. The molecule has 3 N–H and O–H groups in total. The topological polar surface area (TPSA) is 90.9 Å². The van der Waals surface area contributed by atoms with Crippen molar-refractivity contribution in [1.29, 1.82) is 0 Å². The highest BCUT2D eigenvalue weighted by Gasteiger charge is 2.31. The molecule has 7 nitrogen and oxygen atoms in total. The minimum atomic E-state index is -0.241. The van der Waals surface area contributed by atoms with Crippen LogP contribution in [0.3, 0.4) is 0 Å². The summed E-state index contributed by atoms with van der Waals surface area (Å²) in [5.74, 6) is 0.540. The van der Waals surface area contributed by atoms with E-state index in [4.69, 9.17) is 4.74 Å². The number of benzene rings is 1. The molecular weight excluding hydrogens is 310 g/mol. The maximum atomic E-state index is 12.5. The summed E-state index contributed by atoms with van der Waals surface area (Å²) in [5.41, 5.74) is 1.11. The molecule has 0 aliphatic carbocycles. The zero-order chi connectivity index (χ0) is 17.7. The SMILES string of the molecule is COc1cc(NC(=O)N2CCC[C@H](C)[C@@H]2CO)ccc1NC(C)=O. The summed E-state index contributed by atoms with van der Waals surface area (Å²) >= 11 is 0. The van der Waals surface area contributed by atoms with Crippen molar-refractivity contribution in [1.82, 2.24) is 4.90 Å². The van der Waals surface area contributed by atoms with Gasteiger partial charge >= 0.3 is 6.03 Å². The largest absolute Gasteiger partial charge is 0.494 e. The summed E-state index contributed by atoms with van der Waals surface area (Å²) in [4.78, 5) is 25.4. The number of likely N-dealkylation sites (tertiary alicyclic amines) is 1. The predicted octanol–water partition coefficient (Wildman–Crippen LogP) is 2.28. The number of urea groups is 1. The van der Waals surface area contributed by atoms with Gasteiger partial charge in [-0.1, -0.05) is 6.92 Å². The summed E-state index contributed by atoms with van der Waals surface area (Å²) in [6.07, 6.45) is 1.93. The highest BCUT2D eigenvalue weighted by atomic mass is 16.5. The lowest BCUT2D eigenvalue weighted by Crippen LogP contribution is -2.51. The van der Waals surface area contributed by atoms with Gasteiger partial charge in [0.25, 0.3) is 0 Å². The van der Waals surface area contributed by atoms with Crippen LogP contribution >= 0.6 is 0 Å². The fourth-order valence-electron chi connectivity index (χ4n) is 3.04. The molecule has 0 radical (unpaired) electrons. The van der Waals surface area contributed by atoms with Gasteiger partial charge in [0.15, 0.2) is 0 Å². The van der Waals surface area contributed by atoms with Crippen LogP contribution in [-0.2, 0) is 4.79 Å². The van der Waals surface area contributed by atoms with Gasteiger partial charge in [0, 0.05) is 25.2 Å². The van der Waals surface area contributed by atoms with Gasteiger partial charge in [-0.3, -0.25) is 4.79 Å². The number of amides is 3. The molecule has 0 spiro atoms. The number of piperidine rings is 1. The van der Waals surface area contributed by atoms with Crippen LogP contribution in [0.5, 0.6) is 5.75 Å². The highest BCUT2D eigenvalue weighted by molar-refractivity contribution is 5.93. The third-order valence-electron chi connectivity index (χ3n) is 4.33. The lowest BCUT2D eigenvalue weighted by Gasteiger charge is -2.38. The summed E-state index contributed by atoms with van der Waals surface area (Å²) in [7, 11) is 1.50. The normalized spacial score (nSPS) is 20.4. The van der Waals surface area contributed by atoms with E-state index >= 15 is 0 Å². The number of anilines is 2. The zero-order valence-corrected chi connectivity index (χ0v) is 14.3. The number of nitrogens with one attached hydrogen (secondary N) is 2. The van der Waals surface area contributed by atoms with Crippen molar-refractivity contribution in [2.45, 2.75) is 32.7 Å². The Morgan fingerprint density at radius 1 is 1.38 bits per heavy atom. The van der Waals surface area contributed by atoms with Crippen LogP contribution in [0.1, 0.15) is 26.7 Å². The molecular formula is C17H25N3O4. The Bertz CT molecular complexity index is 605. The average Bonchev–Trinajstić information content (AvgIpc) is 2.55. The molecule has 2 atom stereocenters. The average molecular weight is 335 g/mol. The second-order valence-electron chi connectivity index (χ2n) is 6.09. The first-order valence-corrected chi connectivity index (χ1v) is 8.10. The van der Waals surface area contributed by atoms with Gasteiger partial charge in [0.05, 0.1) is 25.4 Å². The van der Waals surface area contributed by atoms with Crippen LogP contribution < -0.4 is 15.4 Å². The second-order valence-corrected chi connectivity index (χ2v) is 6.09. The smallest absolute Gasteiger partial charge is 0.322 e. The summed E-state index contributed by atoms with van der Waals surface area (Å²) < 4.78 is 5.25. The molecule has 7 heteroatoms. The molecule has 0 saturated carbocycles. The van der Waals surface area contributed by atoms with Crippen LogP contribution in [0, 0.1) is 5.92 Å². The van der Waals surface area contributed by atoms with Crippen LogP contribution in [0.2, 0.25) is 0 Å². The van der Waals surface area contributed by atoms with Crippen LogP contribution in [-0.4, -0.2) is 48.2 Å². The van der Waals surface area contributed by atoms with E-state index in [0.717, 1.165) is 12.8 Å². The van der Waals surface area contributed by atoms with E-state index in [9.17, 15) is 14.7 Å². The lowest BCUT2D eigenvalue weighted by molar-refractivity contribution is -0.114. The minimum absolute atomic E-state index is 0.0423. The molecule has 1 saturated heterocycles. The Morgan fingerprint density at radius 2 is 2.12 bits per heavy atom. The number of carbonyl (C=O) groups excluding carboxylic acids is 2. The number of aliphatic hydroxyl groups is 1. The van der Waals surface area contributed by atoms with Gasteiger partial charge < -0.3 is 25.4 Å². The predicted molar refractivity (Wildman–Crippen MR) is 92.3 cm³/mol. The molecule has 24 heavy (non-hydrogen) atoms. The Balaban J connectivity index is 2.12. The van der Waals surface area contributed by atoms with Crippen molar-refractivity contribution >= 4 is 23.3 Å². The van der Waals surface area contributed by atoms with Crippen LogP contribution in [0.4, 0.5) is 16.2 Å². The van der Waals surface area contributed by atoms with Gasteiger partial charge in [-0.2, -0.15) is 0 Å². The maximum Gasteiger partial charge on any atom is 0.322 e. The van der Waals surface area contributed by atoms with E-state index in [-0.39, 0.29) is 30.5 Å². The highest BCUT2D eigenvalue weighted by Crippen LogP contribution is 2.29. The van der Waals surface area contributed by atoms with Crippen molar-refractivity contribution in [2.75, 3.05) is 30.9 Å². The summed E-state index contributed by atoms with van der Waals surface area (Å²) in [6.45, 7) is 4.05. The zero-order valence-electron chi connectivity index (χ0n) is 14.3. The van der Waals surface area contributed by atoms with E-state index in [2.05, 4.69) is 10.6 Å². The molecule has 1 aromatic rings. The Hall–Kier alpha value is -2.28. The molecule has 0 aromatic heterocycles. The van der Waals surface area contributed by atoms with E-state index in [0.29, 0.717) is 23.7 Å². The van der Waals surface area contributed by atoms with E-state index in [1.54, 1.807) is 23.1 Å². The Kier molecular flexibility index (Phi) is 6.03. The van der Waals surface area contributed by atoms with Crippen molar-refractivity contribution in [3.8, 4) is 5.75 Å². The monoisotopic (exact) mass is 335 g/mol. The summed E-state index contributed by atoms with van der Waals surface area (Å²) in [5, 5.41) is 15.1. The van der Waals surface area contributed by atoms with Crippen molar-refractivity contribution in [3.05, 3.63) is 18.2 Å². The van der Waals surface area contributed by atoms with E-state index in [1.165, 1.54) is 14.0 Å². The van der Waals surface area contributed by atoms with Gasteiger partial charge in [0.2, 0.25) is 5.91 Å². The number of ether oxygens (including phenoxy) is 1. The van der Waals surface area contributed by atoms with Crippen molar-refractivity contribution in [3.63, 3.8) is 0 Å². The van der Waals surface area contributed by atoms with Crippen molar-refractivity contribution in [2.24, 2.45) is 5.92 Å². The van der Waals surface area contributed by atoms with Gasteiger partial charge in [0.1, 0.15) is 5.75 Å². The molecule has 132 valence electrons. The van der Waals surface area contributed by atoms with E-state index < -0.39 is 0 Å². The first-order chi connectivity index (χ1) is 11.5. The van der Waals surface area contributed by atoms with E-state index in [1.807, 2.05) is 6.92 Å². The van der Waals surface area contributed by atoms with Crippen molar-refractivity contribution < 1.29 is 19.4 Å². The lowest BCUT2D eigenvalue weighted by atomic mass is 9.91. The van der Waals surface area contributed by atoms with Gasteiger partial charge in [-0.15, -0.1) is 0 Å². The fraction of sp³-hybridized carbons (Fsp3) is 0.529. The quantitative estimate of drug-likeness (QED) is 0.787. The molecule has 1 aliphatic rings. The number of nitrogens with zero attached hydrogens (tertiary/aromatic N) is 1. The van der Waals surface area contributed by atoms with Crippen LogP contribution in [0.25, 0.3) is 0 Å². The van der Waals surface area contributed by atoms with Gasteiger partial charge in [-0.25, -0.2) is 4.79 Å². The Labute approximate surface area is 142 Å². The minimum Gasteiger partial charge on any atom is -0.494 e. The first kappa shape index (κ1) is 18.1. The number of aliphatic hydroxyl groups excluding tert-OH is 1. The first-order valence-electron chi connectivity index (χ1n) is 8.10. The fourth-order valence-corrected chi connectivity index (χ4v) is 3.04. The molecule has 0 unspecified atom stereocenters. The molecule has 0 bridgehead atoms. The number of hydrogen-bond donors (Lipinski definition) is 3. The standard InChI is InChI=1S/C17H25N3O4/c1-11-5-4-8-20(15(11)10-21)17(23)19-13-6-7-14(18-12(2)22)16(9-13)24-3/h6-7,9,11,15,21H,4-5,8,10H2,1-3H3,(H,18,22)(H,19,23)/t11-,15-/m0/s1. The molecule has 1 aromatic carbocycles. The molecule has 1 fully saturated rings. The molecule has 3 amide bonds. The number of hydrogen-bond acceptors (Lipinski definition) is 4. The molecule has 1 aliphatic heterocycles. The number of methoxy groups -OCH3 is 1. The Morgan fingerprint density at radius 3 is 2.75 bits per heavy atom. The third kappa shape index (κ3) is 4.17. The molecule has 1 heterocycles. The number of carbonyl (C=O) groups is 2. The molecule has 2 rings (SSSR count). The van der Waals surface area contributed by atoms with Crippen LogP contribution in [0.15, 0.2) is 18.2 Å². The summed E-state index contributed by atoms with van der Waals surface area (Å²) in [6, 6.07) is 4.63. The maximum absolute atomic E-state index is 12.5. The third-order valence-corrected chi connectivity index (χ3v) is 4.33. The number of rotatable bonds is 4.